The van der Waals surface area contributed by atoms with E-state index >= 15 is 0 Å². The molecule has 0 amide bonds. The van der Waals surface area contributed by atoms with Gasteiger partial charge in [-0.25, -0.2) is 4.57 Å². The summed E-state index contributed by atoms with van der Waals surface area (Å²) in [4.78, 5) is 35.0. The van der Waals surface area contributed by atoms with Gasteiger partial charge in [0.05, 0.1) is 13.2 Å². The van der Waals surface area contributed by atoms with Crippen molar-refractivity contribution >= 4 is 19.8 Å². The topological polar surface area (TPSA) is 120 Å². The van der Waals surface area contributed by atoms with E-state index < -0.39 is 32.5 Å². The van der Waals surface area contributed by atoms with E-state index in [1.807, 2.05) is 6.08 Å². The summed E-state index contributed by atoms with van der Waals surface area (Å²) in [7, 11) is -2.70. The van der Waals surface area contributed by atoms with Crippen LogP contribution in [0.5, 0.6) is 0 Å². The summed E-state index contributed by atoms with van der Waals surface area (Å²) < 4.78 is 33.1. The van der Waals surface area contributed by atoms with Gasteiger partial charge in [0.25, 0.3) is 0 Å². The van der Waals surface area contributed by atoms with Crippen LogP contribution in [0.3, 0.4) is 0 Å². The number of nitrogens with one attached hydrogen (secondary N) is 1. The molecule has 0 aromatic carbocycles. The van der Waals surface area contributed by atoms with Crippen LogP contribution in [0.1, 0.15) is 142 Å². The minimum Gasteiger partial charge on any atom is -0.462 e. The number of phosphoric ester groups is 1. The predicted molar refractivity (Wildman–Crippen MR) is 242 cm³/mol. The van der Waals surface area contributed by atoms with Crippen molar-refractivity contribution in [3.63, 3.8) is 0 Å². The lowest BCUT2D eigenvalue weighted by atomic mass is 10.1. The van der Waals surface area contributed by atoms with Crippen molar-refractivity contribution in [2.24, 2.45) is 0 Å². The highest BCUT2D eigenvalue weighted by atomic mass is 31.2. The van der Waals surface area contributed by atoms with Crippen molar-refractivity contribution in [1.82, 2.24) is 5.32 Å². The van der Waals surface area contributed by atoms with E-state index in [1.54, 1.807) is 7.05 Å². The first-order valence-electron chi connectivity index (χ1n) is 21.8. The Morgan fingerprint density at radius 2 is 1.00 bits per heavy atom. The predicted octanol–water partition coefficient (Wildman–Crippen LogP) is 12.6. The second kappa shape index (κ2) is 43.3. The first-order chi connectivity index (χ1) is 28.3. The molecule has 0 radical (unpaired) electrons. The number of hydrogen-bond donors (Lipinski definition) is 2. The van der Waals surface area contributed by atoms with Crippen LogP contribution in [0.4, 0.5) is 0 Å². The molecule has 0 heterocycles. The maximum atomic E-state index is 12.6. The van der Waals surface area contributed by atoms with Gasteiger partial charge in [-0.1, -0.05) is 142 Å². The minimum absolute atomic E-state index is 0.0397. The molecule has 0 aromatic heterocycles. The molecule has 0 aliphatic heterocycles. The van der Waals surface area contributed by atoms with Crippen LogP contribution >= 0.6 is 7.82 Å². The number of allylic oxidation sites excluding steroid dienone is 18. The molecule has 58 heavy (non-hydrogen) atoms. The molecule has 0 aliphatic carbocycles. The van der Waals surface area contributed by atoms with Crippen LogP contribution in [0.15, 0.2) is 109 Å². The average Bonchev–Trinajstić information content (AvgIpc) is 3.21. The first kappa shape index (κ1) is 54.7. The molecular formula is C48H78NO8P. The lowest BCUT2D eigenvalue weighted by molar-refractivity contribution is -0.161. The minimum atomic E-state index is -4.38. The van der Waals surface area contributed by atoms with Crippen LogP contribution in [0, 0.1) is 0 Å². The van der Waals surface area contributed by atoms with Crippen LogP contribution in [-0.2, 0) is 32.7 Å². The van der Waals surface area contributed by atoms with Crippen molar-refractivity contribution in [3.05, 3.63) is 109 Å². The summed E-state index contributed by atoms with van der Waals surface area (Å²) in [5.41, 5.74) is 0. The molecule has 2 N–H and O–H groups in total. The van der Waals surface area contributed by atoms with E-state index in [2.05, 4.69) is 122 Å². The zero-order chi connectivity index (χ0) is 42.5. The number of likely N-dealkylation sites (N-methyl/N-ethyl adjacent to an activating group) is 1. The van der Waals surface area contributed by atoms with Gasteiger partial charge in [-0.3, -0.25) is 18.6 Å². The molecule has 0 aromatic rings. The zero-order valence-corrected chi connectivity index (χ0v) is 37.1. The summed E-state index contributed by atoms with van der Waals surface area (Å²) in [6.45, 7) is 3.95. The molecule has 2 unspecified atom stereocenters. The lowest BCUT2D eigenvalue weighted by Crippen LogP contribution is -2.29. The van der Waals surface area contributed by atoms with Gasteiger partial charge in [0.2, 0.25) is 0 Å². The smallest absolute Gasteiger partial charge is 0.462 e. The van der Waals surface area contributed by atoms with Crippen molar-refractivity contribution in [2.75, 3.05) is 33.4 Å². The van der Waals surface area contributed by atoms with Crippen molar-refractivity contribution in [1.29, 1.82) is 0 Å². The second-order valence-electron chi connectivity index (χ2n) is 13.8. The molecule has 0 saturated carbocycles. The number of phosphoric acid groups is 1. The Kier molecular flexibility index (Phi) is 40.8. The zero-order valence-electron chi connectivity index (χ0n) is 36.2. The van der Waals surface area contributed by atoms with E-state index in [1.165, 1.54) is 25.7 Å². The fourth-order valence-electron chi connectivity index (χ4n) is 5.10. The van der Waals surface area contributed by atoms with Gasteiger partial charge >= 0.3 is 19.8 Å². The maximum absolute atomic E-state index is 12.6. The van der Waals surface area contributed by atoms with E-state index in [-0.39, 0.29) is 26.1 Å². The molecule has 0 bridgehead atoms. The Bertz CT molecular complexity index is 1310. The Balaban J connectivity index is 4.41. The largest absolute Gasteiger partial charge is 0.472 e. The van der Waals surface area contributed by atoms with Gasteiger partial charge in [0.15, 0.2) is 6.10 Å². The number of carbonyl (C=O) groups excluding carboxylic acids is 2. The van der Waals surface area contributed by atoms with Crippen molar-refractivity contribution in [2.45, 2.75) is 148 Å². The van der Waals surface area contributed by atoms with Crippen molar-refractivity contribution in [3.8, 4) is 0 Å². The number of hydrogen-bond acceptors (Lipinski definition) is 8. The van der Waals surface area contributed by atoms with E-state index in [4.69, 9.17) is 18.5 Å². The maximum Gasteiger partial charge on any atom is 0.472 e. The highest BCUT2D eigenvalue weighted by molar-refractivity contribution is 7.47. The average molecular weight is 828 g/mol. The lowest BCUT2D eigenvalue weighted by Gasteiger charge is -2.20. The van der Waals surface area contributed by atoms with Crippen LogP contribution in [0.25, 0.3) is 0 Å². The number of carbonyl (C=O) groups is 2. The summed E-state index contributed by atoms with van der Waals surface area (Å²) in [6, 6.07) is 0. The third-order valence-electron chi connectivity index (χ3n) is 8.38. The Hall–Kier alpha value is -3.33. The molecule has 0 rings (SSSR count). The normalized spacial score (nSPS) is 14.3. The fourth-order valence-corrected chi connectivity index (χ4v) is 5.85. The van der Waals surface area contributed by atoms with E-state index in [0.29, 0.717) is 25.8 Å². The molecule has 10 heteroatoms. The van der Waals surface area contributed by atoms with Crippen LogP contribution < -0.4 is 5.32 Å². The summed E-state index contributed by atoms with van der Waals surface area (Å²) in [5, 5.41) is 2.81. The third-order valence-corrected chi connectivity index (χ3v) is 9.36. The molecule has 0 aliphatic rings. The highest BCUT2D eigenvalue weighted by Crippen LogP contribution is 2.43. The first-order valence-corrected chi connectivity index (χ1v) is 23.3. The van der Waals surface area contributed by atoms with E-state index in [9.17, 15) is 19.0 Å². The Labute approximate surface area is 352 Å². The molecular weight excluding hydrogens is 750 g/mol. The molecule has 0 saturated heterocycles. The van der Waals surface area contributed by atoms with Crippen molar-refractivity contribution < 1.29 is 37.6 Å². The van der Waals surface area contributed by atoms with Gasteiger partial charge in [-0.2, -0.15) is 0 Å². The van der Waals surface area contributed by atoms with Crippen LogP contribution in [0.2, 0.25) is 0 Å². The molecule has 0 fully saturated rings. The van der Waals surface area contributed by atoms with Gasteiger partial charge in [-0.05, 0) is 103 Å². The number of rotatable bonds is 39. The quantitative estimate of drug-likeness (QED) is 0.0270. The Morgan fingerprint density at radius 3 is 1.48 bits per heavy atom. The third kappa shape index (κ3) is 42.3. The standard InChI is InChI=1S/C48H78NO8P/c1-4-6-8-10-12-14-16-18-20-22-23-25-26-28-30-32-34-36-38-40-47(50)54-44-46(45-56-58(52,53)55-43-42-49-3)57-48(51)41-39-37-35-33-31-29-27-24-21-19-17-15-13-11-9-7-5-2/h7,9,12-15,18-21,23,25,27-30,33,35,46,49H,4-6,8,10-11,16-17,22,24,26,31-32,34,36-45H2,1-3H3,(H,52,53)/b9-7-,14-12-,15-13-,20-18-,21-19-,25-23-,29-27-,30-28-,35-33-. The molecule has 2 atom stereocenters. The molecule has 328 valence electrons. The number of esters is 2. The molecule has 0 spiro atoms. The monoisotopic (exact) mass is 828 g/mol. The highest BCUT2D eigenvalue weighted by Gasteiger charge is 2.26. The number of ether oxygens (including phenoxy) is 2. The SMILES string of the molecule is CC/C=C\C/C=C\C/C=C\C/C=C\C/C=C\CCCC(=O)OC(COC(=O)CCCCC/C=C\C/C=C\C/C=C\C/C=C\CCCCC)COP(=O)(O)OCCNC. The number of unbranched alkanes of at least 4 members (excludes halogenated alkanes) is 7. The van der Waals surface area contributed by atoms with Gasteiger partial charge in [0.1, 0.15) is 6.61 Å². The summed E-state index contributed by atoms with van der Waals surface area (Å²) in [6.07, 6.45) is 55.7. The van der Waals surface area contributed by atoms with Gasteiger partial charge in [-0.15, -0.1) is 0 Å². The molecule has 9 nitrogen and oxygen atoms in total. The Morgan fingerprint density at radius 1 is 0.552 bits per heavy atom. The van der Waals surface area contributed by atoms with Gasteiger partial charge < -0.3 is 19.7 Å². The summed E-state index contributed by atoms with van der Waals surface area (Å²) >= 11 is 0. The van der Waals surface area contributed by atoms with Crippen LogP contribution in [-0.4, -0.2) is 56.3 Å². The van der Waals surface area contributed by atoms with Gasteiger partial charge in [0, 0.05) is 19.4 Å². The van der Waals surface area contributed by atoms with E-state index in [0.717, 1.165) is 70.6 Å². The second-order valence-corrected chi connectivity index (χ2v) is 15.2. The summed E-state index contributed by atoms with van der Waals surface area (Å²) in [5.74, 6) is -0.924. The fraction of sp³-hybridized carbons (Fsp3) is 0.583.